The van der Waals surface area contributed by atoms with Gasteiger partial charge in [0.25, 0.3) is 0 Å². The Bertz CT molecular complexity index is 571. The fourth-order valence-electron chi connectivity index (χ4n) is 2.63. The molecular formula is C14H18N4. The SMILES string of the molecule is Cc1nccn1-c1nc2c(cc1CN)CCCC2. The largest absolute Gasteiger partial charge is 0.326 e. The van der Waals surface area contributed by atoms with Crippen molar-refractivity contribution in [3.63, 3.8) is 0 Å². The predicted molar refractivity (Wildman–Crippen MR) is 70.6 cm³/mol. The topological polar surface area (TPSA) is 56.7 Å². The molecule has 2 heterocycles. The van der Waals surface area contributed by atoms with Gasteiger partial charge in [-0.05, 0) is 44.2 Å². The standard InChI is InChI=1S/C14H18N4/c1-10-16-6-7-18(10)14-12(9-15)8-11-4-2-3-5-13(11)17-14/h6-8H,2-5,9,15H2,1H3. The van der Waals surface area contributed by atoms with Crippen molar-refractivity contribution in [2.75, 3.05) is 0 Å². The summed E-state index contributed by atoms with van der Waals surface area (Å²) in [6.45, 7) is 2.51. The van der Waals surface area contributed by atoms with E-state index in [0.29, 0.717) is 6.54 Å². The molecule has 0 amide bonds. The minimum absolute atomic E-state index is 0.521. The van der Waals surface area contributed by atoms with Crippen molar-refractivity contribution in [3.8, 4) is 5.82 Å². The molecule has 4 heteroatoms. The lowest BCUT2D eigenvalue weighted by Gasteiger charge is -2.19. The zero-order chi connectivity index (χ0) is 12.5. The van der Waals surface area contributed by atoms with Crippen LogP contribution in [0.1, 0.15) is 35.5 Å². The Morgan fingerprint density at radius 3 is 2.89 bits per heavy atom. The van der Waals surface area contributed by atoms with Gasteiger partial charge in [-0.3, -0.25) is 4.57 Å². The summed E-state index contributed by atoms with van der Waals surface area (Å²) in [5, 5.41) is 0. The Labute approximate surface area is 107 Å². The van der Waals surface area contributed by atoms with Crippen molar-refractivity contribution >= 4 is 0 Å². The number of nitrogens with two attached hydrogens (primary N) is 1. The molecular weight excluding hydrogens is 224 g/mol. The van der Waals surface area contributed by atoms with Crippen LogP contribution in [0.3, 0.4) is 0 Å². The van der Waals surface area contributed by atoms with Crippen LogP contribution < -0.4 is 5.73 Å². The highest BCUT2D eigenvalue weighted by Gasteiger charge is 2.16. The summed E-state index contributed by atoms with van der Waals surface area (Å²) in [7, 11) is 0. The first kappa shape index (κ1) is 11.4. The van der Waals surface area contributed by atoms with Gasteiger partial charge in [-0.25, -0.2) is 9.97 Å². The lowest BCUT2D eigenvalue weighted by Crippen LogP contribution is -2.14. The molecule has 0 aliphatic heterocycles. The molecule has 0 atom stereocenters. The fourth-order valence-corrected chi connectivity index (χ4v) is 2.63. The average Bonchev–Trinajstić information content (AvgIpc) is 2.83. The van der Waals surface area contributed by atoms with E-state index in [2.05, 4.69) is 11.1 Å². The summed E-state index contributed by atoms with van der Waals surface area (Å²) in [6, 6.07) is 2.23. The molecule has 0 spiro atoms. The molecule has 1 aliphatic carbocycles. The van der Waals surface area contributed by atoms with Gasteiger partial charge in [-0.15, -0.1) is 0 Å². The molecule has 0 fully saturated rings. The molecule has 3 rings (SSSR count). The second kappa shape index (κ2) is 4.53. The number of hydrogen-bond acceptors (Lipinski definition) is 3. The number of fused-ring (bicyclic) bond motifs is 1. The Morgan fingerprint density at radius 2 is 2.17 bits per heavy atom. The highest BCUT2D eigenvalue weighted by Crippen LogP contribution is 2.24. The van der Waals surface area contributed by atoms with E-state index in [0.717, 1.165) is 30.0 Å². The van der Waals surface area contributed by atoms with Crippen LogP contribution in [0, 0.1) is 6.92 Å². The second-order valence-corrected chi connectivity index (χ2v) is 4.83. The van der Waals surface area contributed by atoms with Gasteiger partial charge in [0, 0.05) is 30.2 Å². The second-order valence-electron chi connectivity index (χ2n) is 4.83. The molecule has 0 aromatic carbocycles. The molecule has 2 aromatic rings. The first-order chi connectivity index (χ1) is 8.79. The minimum Gasteiger partial charge on any atom is -0.326 e. The maximum atomic E-state index is 5.87. The van der Waals surface area contributed by atoms with Crippen molar-refractivity contribution < 1.29 is 0 Å². The van der Waals surface area contributed by atoms with Crippen LogP contribution in [-0.2, 0) is 19.4 Å². The molecule has 2 N–H and O–H groups in total. The number of aromatic nitrogens is 3. The van der Waals surface area contributed by atoms with Gasteiger partial charge in [0.1, 0.15) is 11.6 Å². The number of rotatable bonds is 2. The molecule has 1 aliphatic rings. The van der Waals surface area contributed by atoms with Crippen LogP contribution in [0.4, 0.5) is 0 Å². The van der Waals surface area contributed by atoms with Crippen molar-refractivity contribution in [1.29, 1.82) is 0 Å². The monoisotopic (exact) mass is 242 g/mol. The normalized spacial score (nSPS) is 14.6. The molecule has 0 saturated carbocycles. The van der Waals surface area contributed by atoms with E-state index in [-0.39, 0.29) is 0 Å². The van der Waals surface area contributed by atoms with E-state index in [4.69, 9.17) is 10.7 Å². The molecule has 2 aromatic heterocycles. The van der Waals surface area contributed by atoms with Gasteiger partial charge >= 0.3 is 0 Å². The fraction of sp³-hybridized carbons (Fsp3) is 0.429. The minimum atomic E-state index is 0.521. The third-order valence-corrected chi connectivity index (χ3v) is 3.63. The van der Waals surface area contributed by atoms with Crippen LogP contribution in [0.25, 0.3) is 5.82 Å². The van der Waals surface area contributed by atoms with Gasteiger partial charge in [0.2, 0.25) is 0 Å². The predicted octanol–water partition coefficient (Wildman–Crippen LogP) is 1.91. The van der Waals surface area contributed by atoms with Crippen LogP contribution >= 0.6 is 0 Å². The quantitative estimate of drug-likeness (QED) is 0.875. The van der Waals surface area contributed by atoms with E-state index in [1.54, 1.807) is 6.20 Å². The molecule has 0 unspecified atom stereocenters. The summed E-state index contributed by atoms with van der Waals surface area (Å²) in [6.07, 6.45) is 8.48. The van der Waals surface area contributed by atoms with Crippen LogP contribution in [0.5, 0.6) is 0 Å². The molecule has 0 saturated heterocycles. The lowest BCUT2D eigenvalue weighted by molar-refractivity contribution is 0.661. The third kappa shape index (κ3) is 1.82. The van der Waals surface area contributed by atoms with Gasteiger partial charge in [0.15, 0.2) is 0 Å². The van der Waals surface area contributed by atoms with Crippen molar-refractivity contribution in [2.45, 2.75) is 39.2 Å². The summed E-state index contributed by atoms with van der Waals surface area (Å²) in [4.78, 5) is 9.09. The summed E-state index contributed by atoms with van der Waals surface area (Å²) < 4.78 is 2.02. The van der Waals surface area contributed by atoms with Crippen molar-refractivity contribution in [2.24, 2.45) is 5.73 Å². The first-order valence-corrected chi connectivity index (χ1v) is 6.51. The molecule has 18 heavy (non-hydrogen) atoms. The number of aryl methyl sites for hydroxylation is 3. The Kier molecular flexibility index (Phi) is 2.88. The van der Waals surface area contributed by atoms with Crippen LogP contribution in [0.2, 0.25) is 0 Å². The van der Waals surface area contributed by atoms with Gasteiger partial charge in [-0.2, -0.15) is 0 Å². The molecule has 94 valence electrons. The van der Waals surface area contributed by atoms with E-state index >= 15 is 0 Å². The van der Waals surface area contributed by atoms with E-state index in [1.165, 1.54) is 24.1 Å². The average molecular weight is 242 g/mol. The number of pyridine rings is 1. The Balaban J connectivity index is 2.16. The Morgan fingerprint density at radius 1 is 1.33 bits per heavy atom. The first-order valence-electron chi connectivity index (χ1n) is 6.51. The lowest BCUT2D eigenvalue weighted by atomic mass is 9.94. The maximum Gasteiger partial charge on any atom is 0.142 e. The summed E-state index contributed by atoms with van der Waals surface area (Å²) in [5.41, 5.74) is 9.59. The zero-order valence-electron chi connectivity index (χ0n) is 10.7. The smallest absolute Gasteiger partial charge is 0.142 e. The summed E-state index contributed by atoms with van der Waals surface area (Å²) >= 11 is 0. The van der Waals surface area contributed by atoms with Gasteiger partial charge < -0.3 is 5.73 Å². The molecule has 4 nitrogen and oxygen atoms in total. The molecule has 0 radical (unpaired) electrons. The van der Waals surface area contributed by atoms with E-state index in [9.17, 15) is 0 Å². The van der Waals surface area contributed by atoms with Gasteiger partial charge in [0.05, 0.1) is 0 Å². The van der Waals surface area contributed by atoms with Gasteiger partial charge in [-0.1, -0.05) is 0 Å². The van der Waals surface area contributed by atoms with E-state index in [1.807, 2.05) is 17.7 Å². The zero-order valence-corrected chi connectivity index (χ0v) is 10.7. The van der Waals surface area contributed by atoms with Crippen LogP contribution in [0.15, 0.2) is 18.5 Å². The van der Waals surface area contributed by atoms with Crippen molar-refractivity contribution in [1.82, 2.24) is 14.5 Å². The summed E-state index contributed by atoms with van der Waals surface area (Å²) in [5.74, 6) is 1.90. The van der Waals surface area contributed by atoms with E-state index < -0.39 is 0 Å². The number of imidazole rings is 1. The molecule has 0 bridgehead atoms. The highest BCUT2D eigenvalue weighted by atomic mass is 15.1. The van der Waals surface area contributed by atoms with Crippen LogP contribution in [-0.4, -0.2) is 14.5 Å². The highest BCUT2D eigenvalue weighted by molar-refractivity contribution is 5.41. The number of nitrogens with zero attached hydrogens (tertiary/aromatic N) is 3. The van der Waals surface area contributed by atoms with Crippen molar-refractivity contribution in [3.05, 3.63) is 41.1 Å². The number of hydrogen-bond donors (Lipinski definition) is 1. The Hall–Kier alpha value is -1.68. The maximum absolute atomic E-state index is 5.87. The third-order valence-electron chi connectivity index (χ3n) is 3.63.